The lowest BCUT2D eigenvalue weighted by atomic mass is 9.94. The summed E-state index contributed by atoms with van der Waals surface area (Å²) in [5.74, 6) is 0. The maximum absolute atomic E-state index is 2.38. The highest BCUT2D eigenvalue weighted by Gasteiger charge is 2.17. The van der Waals surface area contributed by atoms with Crippen LogP contribution >= 0.6 is 0 Å². The molecule has 0 saturated heterocycles. The van der Waals surface area contributed by atoms with E-state index in [-0.39, 0.29) is 0 Å². The summed E-state index contributed by atoms with van der Waals surface area (Å²) >= 11 is 0. The molecule has 0 radical (unpaired) electrons. The largest absolute Gasteiger partial charge is 0.310 e. The molecule has 0 spiro atoms. The molecule has 1 nitrogen and oxygen atoms in total. The molecule has 0 bridgehead atoms. The molecule has 7 aromatic carbocycles. The molecule has 1 heteroatoms. The Morgan fingerprint density at radius 2 is 0.821 bits per heavy atom. The first-order chi connectivity index (χ1) is 19.4. The second-order valence-electron chi connectivity index (χ2n) is 9.79. The monoisotopic (exact) mass is 497 g/mol. The first-order valence-corrected chi connectivity index (χ1v) is 13.4. The summed E-state index contributed by atoms with van der Waals surface area (Å²) in [5.41, 5.74) is 8.34. The van der Waals surface area contributed by atoms with Crippen LogP contribution in [0.2, 0.25) is 0 Å². The summed E-state index contributed by atoms with van der Waals surface area (Å²) < 4.78 is 0. The van der Waals surface area contributed by atoms with Gasteiger partial charge in [-0.05, 0) is 68.7 Å². The molecule has 0 fully saturated rings. The van der Waals surface area contributed by atoms with Gasteiger partial charge in [0, 0.05) is 16.8 Å². The van der Waals surface area contributed by atoms with Crippen molar-refractivity contribution in [3.8, 4) is 22.3 Å². The van der Waals surface area contributed by atoms with E-state index in [1.165, 1.54) is 49.5 Å². The van der Waals surface area contributed by atoms with Gasteiger partial charge in [0.2, 0.25) is 0 Å². The predicted octanol–water partition coefficient (Wildman–Crippen LogP) is 10.8. The van der Waals surface area contributed by atoms with Gasteiger partial charge in [0.05, 0.1) is 5.69 Å². The first-order valence-electron chi connectivity index (χ1n) is 13.4. The van der Waals surface area contributed by atoms with Crippen molar-refractivity contribution in [2.75, 3.05) is 4.90 Å². The van der Waals surface area contributed by atoms with Gasteiger partial charge in [-0.25, -0.2) is 0 Å². The zero-order valence-corrected chi connectivity index (χ0v) is 21.5. The van der Waals surface area contributed by atoms with Crippen LogP contribution in [0.3, 0.4) is 0 Å². The smallest absolute Gasteiger partial charge is 0.0546 e. The van der Waals surface area contributed by atoms with E-state index < -0.39 is 0 Å². The maximum Gasteiger partial charge on any atom is 0.0546 e. The van der Waals surface area contributed by atoms with Gasteiger partial charge in [0.25, 0.3) is 0 Å². The average Bonchev–Trinajstić information content (AvgIpc) is 3.03. The van der Waals surface area contributed by atoms with E-state index in [4.69, 9.17) is 0 Å². The molecule has 0 heterocycles. The quantitative estimate of drug-likeness (QED) is 0.214. The highest BCUT2D eigenvalue weighted by Crippen LogP contribution is 2.42. The van der Waals surface area contributed by atoms with E-state index in [2.05, 4.69) is 169 Å². The second-order valence-corrected chi connectivity index (χ2v) is 9.79. The van der Waals surface area contributed by atoms with Gasteiger partial charge in [0.1, 0.15) is 0 Å². The maximum atomic E-state index is 2.38. The molecule has 0 aliphatic rings. The van der Waals surface area contributed by atoms with E-state index >= 15 is 0 Å². The Kier molecular flexibility index (Phi) is 5.88. The van der Waals surface area contributed by atoms with Crippen LogP contribution in [0.1, 0.15) is 0 Å². The average molecular weight is 498 g/mol. The normalized spacial score (nSPS) is 11.1. The van der Waals surface area contributed by atoms with Crippen molar-refractivity contribution in [2.24, 2.45) is 0 Å². The Bertz CT molecular complexity index is 1890. The van der Waals surface area contributed by atoms with E-state index in [0.717, 1.165) is 11.4 Å². The molecule has 39 heavy (non-hydrogen) atoms. The van der Waals surface area contributed by atoms with Crippen molar-refractivity contribution in [1.29, 1.82) is 0 Å². The van der Waals surface area contributed by atoms with Gasteiger partial charge in [0.15, 0.2) is 0 Å². The molecule has 0 aromatic heterocycles. The van der Waals surface area contributed by atoms with Crippen molar-refractivity contribution >= 4 is 38.6 Å². The zero-order chi connectivity index (χ0) is 26.0. The number of hydrogen-bond donors (Lipinski definition) is 0. The van der Waals surface area contributed by atoms with E-state index in [9.17, 15) is 0 Å². The number of rotatable bonds is 5. The fourth-order valence-electron chi connectivity index (χ4n) is 5.62. The summed E-state index contributed by atoms with van der Waals surface area (Å²) in [7, 11) is 0. The Morgan fingerprint density at radius 1 is 0.333 bits per heavy atom. The highest BCUT2D eigenvalue weighted by atomic mass is 15.1. The van der Waals surface area contributed by atoms with Crippen molar-refractivity contribution in [3.63, 3.8) is 0 Å². The number of nitrogens with zero attached hydrogens (tertiary/aromatic N) is 1. The zero-order valence-electron chi connectivity index (χ0n) is 21.5. The van der Waals surface area contributed by atoms with Crippen molar-refractivity contribution in [1.82, 2.24) is 0 Å². The topological polar surface area (TPSA) is 3.24 Å². The molecular formula is C38H27N. The van der Waals surface area contributed by atoms with Crippen LogP contribution in [0.4, 0.5) is 17.1 Å². The van der Waals surface area contributed by atoms with Crippen LogP contribution < -0.4 is 4.90 Å². The van der Waals surface area contributed by atoms with Gasteiger partial charge >= 0.3 is 0 Å². The van der Waals surface area contributed by atoms with E-state index in [0.29, 0.717) is 0 Å². The molecular weight excluding hydrogens is 470 g/mol. The SMILES string of the molecule is c1ccc(-c2ccccc2-c2ccc(N(c3ccccc3)c3cc4ccccc4c4ccccc34)cc2)cc1. The van der Waals surface area contributed by atoms with Gasteiger partial charge in [-0.2, -0.15) is 0 Å². The molecule has 0 aliphatic heterocycles. The summed E-state index contributed by atoms with van der Waals surface area (Å²) in [4.78, 5) is 2.38. The van der Waals surface area contributed by atoms with E-state index in [1.807, 2.05) is 0 Å². The van der Waals surface area contributed by atoms with E-state index in [1.54, 1.807) is 0 Å². The number of hydrogen-bond acceptors (Lipinski definition) is 1. The molecule has 0 amide bonds. The Balaban J connectivity index is 1.40. The molecule has 7 aromatic rings. The van der Waals surface area contributed by atoms with Gasteiger partial charge in [-0.1, -0.05) is 133 Å². The van der Waals surface area contributed by atoms with Gasteiger partial charge in [-0.3, -0.25) is 0 Å². The highest BCUT2D eigenvalue weighted by molar-refractivity contribution is 6.14. The van der Waals surface area contributed by atoms with Gasteiger partial charge in [-0.15, -0.1) is 0 Å². The molecule has 184 valence electrons. The van der Waals surface area contributed by atoms with Crippen LogP contribution in [-0.4, -0.2) is 0 Å². The number of benzene rings is 7. The Morgan fingerprint density at radius 3 is 1.51 bits per heavy atom. The van der Waals surface area contributed by atoms with Crippen LogP contribution in [0.5, 0.6) is 0 Å². The standard InChI is InChI=1S/C38H27N/c1-3-13-28(14-4-1)33-18-9-10-19-34(33)29-23-25-32(26-24-29)39(31-16-5-2-6-17-31)38-27-30-15-7-8-20-35(30)36-21-11-12-22-37(36)38/h1-27H. The number of para-hydroxylation sites is 1. The van der Waals surface area contributed by atoms with Crippen molar-refractivity contribution in [2.45, 2.75) is 0 Å². The number of fused-ring (bicyclic) bond motifs is 3. The predicted molar refractivity (Wildman–Crippen MR) is 167 cm³/mol. The minimum Gasteiger partial charge on any atom is -0.310 e. The van der Waals surface area contributed by atoms with Crippen LogP contribution in [-0.2, 0) is 0 Å². The van der Waals surface area contributed by atoms with Gasteiger partial charge < -0.3 is 4.90 Å². The molecule has 0 atom stereocenters. The fourth-order valence-corrected chi connectivity index (χ4v) is 5.62. The summed E-state index contributed by atoms with van der Waals surface area (Å²) in [5, 5.41) is 5.01. The Labute approximate surface area is 229 Å². The van der Waals surface area contributed by atoms with Crippen molar-refractivity contribution in [3.05, 3.63) is 164 Å². The minimum absolute atomic E-state index is 1.13. The third kappa shape index (κ3) is 4.24. The molecule has 0 N–H and O–H groups in total. The Hall–Kier alpha value is -5.14. The molecule has 0 saturated carbocycles. The molecule has 0 aliphatic carbocycles. The lowest BCUT2D eigenvalue weighted by Gasteiger charge is -2.27. The second kappa shape index (κ2) is 9.96. The van der Waals surface area contributed by atoms with Crippen LogP contribution in [0, 0.1) is 0 Å². The fraction of sp³-hybridized carbons (Fsp3) is 0. The summed E-state index contributed by atoms with van der Waals surface area (Å²) in [6.07, 6.45) is 0. The molecule has 0 unspecified atom stereocenters. The van der Waals surface area contributed by atoms with Crippen LogP contribution in [0.15, 0.2) is 164 Å². The third-order valence-corrected chi connectivity index (χ3v) is 7.45. The van der Waals surface area contributed by atoms with Crippen LogP contribution in [0.25, 0.3) is 43.8 Å². The minimum atomic E-state index is 1.13. The number of anilines is 3. The third-order valence-electron chi connectivity index (χ3n) is 7.45. The summed E-state index contributed by atoms with van der Waals surface area (Å²) in [6, 6.07) is 58.6. The lowest BCUT2D eigenvalue weighted by Crippen LogP contribution is -2.10. The summed E-state index contributed by atoms with van der Waals surface area (Å²) in [6.45, 7) is 0. The van der Waals surface area contributed by atoms with Crippen molar-refractivity contribution < 1.29 is 0 Å². The lowest BCUT2D eigenvalue weighted by molar-refractivity contribution is 1.30. The first kappa shape index (κ1) is 23.0. The molecule has 7 rings (SSSR count).